The van der Waals surface area contributed by atoms with Gasteiger partial charge in [-0.1, -0.05) is 30.3 Å². The lowest BCUT2D eigenvalue weighted by molar-refractivity contribution is 0.102. The van der Waals surface area contributed by atoms with Crippen molar-refractivity contribution in [2.45, 2.75) is 6.61 Å². The molecule has 0 bridgehead atoms. The van der Waals surface area contributed by atoms with Gasteiger partial charge in [0.1, 0.15) is 17.2 Å². The van der Waals surface area contributed by atoms with E-state index in [1.54, 1.807) is 12.1 Å². The lowest BCUT2D eigenvalue weighted by atomic mass is 10.2. The van der Waals surface area contributed by atoms with Crippen molar-refractivity contribution in [3.05, 3.63) is 70.7 Å². The molecule has 0 aliphatic carbocycles. The van der Waals surface area contributed by atoms with Crippen LogP contribution in [0, 0.1) is 0 Å². The quantitative estimate of drug-likeness (QED) is 0.784. The Morgan fingerprint density at radius 3 is 2.77 bits per heavy atom. The van der Waals surface area contributed by atoms with E-state index in [0.29, 0.717) is 22.9 Å². The second kappa shape index (κ2) is 6.82. The molecule has 0 atom stereocenters. The van der Waals surface area contributed by atoms with Crippen LogP contribution in [0.5, 0.6) is 5.75 Å². The highest BCUT2D eigenvalue weighted by Gasteiger charge is 2.15. The molecule has 0 aliphatic rings. The molecule has 1 N–H and O–H groups in total. The lowest BCUT2D eigenvalue weighted by Crippen LogP contribution is -2.12. The van der Waals surface area contributed by atoms with Crippen molar-refractivity contribution in [3.8, 4) is 5.75 Å². The molecule has 0 aliphatic heterocycles. The normalized spacial score (nSPS) is 10.2. The van der Waals surface area contributed by atoms with Crippen LogP contribution in [0.3, 0.4) is 0 Å². The van der Waals surface area contributed by atoms with Gasteiger partial charge >= 0.3 is 0 Å². The number of carbonyl (C=O) groups is 1. The fraction of sp³-hybridized carbons (Fsp3) is 0.0625. The third-order valence-electron chi connectivity index (χ3n) is 2.91. The van der Waals surface area contributed by atoms with Gasteiger partial charge in [-0.05, 0) is 23.1 Å². The molecule has 2 heterocycles. The van der Waals surface area contributed by atoms with Crippen molar-refractivity contribution in [1.29, 1.82) is 0 Å². The molecule has 0 radical (unpaired) electrons. The maximum absolute atomic E-state index is 12.3. The van der Waals surface area contributed by atoms with Gasteiger partial charge in [0.05, 0.1) is 18.1 Å². The number of benzene rings is 1. The van der Waals surface area contributed by atoms with Gasteiger partial charge in [0, 0.05) is 0 Å². The number of anilines is 1. The van der Waals surface area contributed by atoms with Crippen molar-refractivity contribution in [2.24, 2.45) is 0 Å². The molecule has 0 spiro atoms. The minimum Gasteiger partial charge on any atom is -0.487 e. The molecule has 110 valence electrons. The maximum Gasteiger partial charge on any atom is 0.269 e. The highest BCUT2D eigenvalue weighted by Crippen LogP contribution is 2.26. The fourth-order valence-electron chi connectivity index (χ4n) is 1.86. The fourth-order valence-corrected chi connectivity index (χ4v) is 2.59. The summed E-state index contributed by atoms with van der Waals surface area (Å²) in [5, 5.41) is 12.0. The third-order valence-corrected chi connectivity index (χ3v) is 3.81. The second-order valence-corrected chi connectivity index (χ2v) is 5.39. The predicted octanol–water partition coefficient (Wildman–Crippen LogP) is 3.37. The zero-order valence-electron chi connectivity index (χ0n) is 11.6. The number of carbonyl (C=O) groups excluding carboxylic acids is 1. The molecule has 5 nitrogen and oxygen atoms in total. The number of ether oxygens (including phenoxy) is 1. The van der Waals surface area contributed by atoms with Gasteiger partial charge in [-0.15, -0.1) is 11.3 Å². The molecule has 1 amide bonds. The lowest BCUT2D eigenvalue weighted by Gasteiger charge is -2.08. The Hall–Kier alpha value is -2.73. The van der Waals surface area contributed by atoms with Gasteiger partial charge in [0.25, 0.3) is 5.91 Å². The molecule has 2 aromatic heterocycles. The largest absolute Gasteiger partial charge is 0.487 e. The highest BCUT2D eigenvalue weighted by molar-refractivity contribution is 7.12. The van der Waals surface area contributed by atoms with Crippen molar-refractivity contribution in [1.82, 2.24) is 10.2 Å². The van der Waals surface area contributed by atoms with Crippen molar-refractivity contribution in [3.63, 3.8) is 0 Å². The summed E-state index contributed by atoms with van der Waals surface area (Å²) in [6.07, 6.45) is 3.02. The Kier molecular flexibility index (Phi) is 4.41. The van der Waals surface area contributed by atoms with E-state index in [2.05, 4.69) is 15.5 Å². The van der Waals surface area contributed by atoms with E-state index in [1.165, 1.54) is 23.7 Å². The molecule has 0 fully saturated rings. The van der Waals surface area contributed by atoms with Crippen molar-refractivity contribution < 1.29 is 9.53 Å². The zero-order chi connectivity index (χ0) is 15.2. The number of thiophene rings is 1. The molecule has 1 aromatic carbocycles. The predicted molar refractivity (Wildman–Crippen MR) is 85.1 cm³/mol. The Bertz CT molecular complexity index is 744. The summed E-state index contributed by atoms with van der Waals surface area (Å²) < 4.78 is 5.74. The van der Waals surface area contributed by atoms with Crippen LogP contribution in [-0.2, 0) is 6.61 Å². The van der Waals surface area contributed by atoms with Crippen LogP contribution in [0.15, 0.2) is 60.2 Å². The first kappa shape index (κ1) is 14.2. The Morgan fingerprint density at radius 2 is 2.00 bits per heavy atom. The number of hydrogen-bond acceptors (Lipinski definition) is 5. The molecule has 0 saturated heterocycles. The van der Waals surface area contributed by atoms with Crippen LogP contribution in [0.25, 0.3) is 0 Å². The smallest absolute Gasteiger partial charge is 0.269 e. The number of nitrogens with zero attached hydrogens (tertiary/aromatic N) is 2. The van der Waals surface area contributed by atoms with Crippen LogP contribution in [-0.4, -0.2) is 16.1 Å². The summed E-state index contributed by atoms with van der Waals surface area (Å²) in [6, 6.07) is 13.3. The second-order valence-electron chi connectivity index (χ2n) is 4.47. The topological polar surface area (TPSA) is 64.1 Å². The Balaban J connectivity index is 1.68. The van der Waals surface area contributed by atoms with E-state index in [4.69, 9.17) is 4.74 Å². The number of aromatic nitrogens is 2. The average molecular weight is 311 g/mol. The summed E-state index contributed by atoms with van der Waals surface area (Å²) in [5.41, 5.74) is 1.65. The molecule has 22 heavy (non-hydrogen) atoms. The first-order chi connectivity index (χ1) is 10.8. The first-order valence-electron chi connectivity index (χ1n) is 6.65. The number of hydrogen-bond donors (Lipinski definition) is 1. The summed E-state index contributed by atoms with van der Waals surface area (Å²) in [5.74, 6) is 0.361. The van der Waals surface area contributed by atoms with Crippen molar-refractivity contribution in [2.75, 3.05) is 5.32 Å². The molecule has 0 saturated carbocycles. The summed E-state index contributed by atoms with van der Waals surface area (Å²) in [4.78, 5) is 12.8. The van der Waals surface area contributed by atoms with E-state index in [-0.39, 0.29) is 5.91 Å². The van der Waals surface area contributed by atoms with Gasteiger partial charge in [0.2, 0.25) is 0 Å². The first-order valence-corrected chi connectivity index (χ1v) is 7.53. The molecular formula is C16H13N3O2S. The van der Waals surface area contributed by atoms with Gasteiger partial charge in [-0.2, -0.15) is 10.2 Å². The molecule has 6 heteroatoms. The minimum absolute atomic E-state index is 0.217. The summed E-state index contributed by atoms with van der Waals surface area (Å²) >= 11 is 1.34. The number of nitrogens with one attached hydrogen (secondary N) is 1. The Morgan fingerprint density at radius 1 is 1.14 bits per heavy atom. The average Bonchev–Trinajstić information content (AvgIpc) is 3.03. The zero-order valence-corrected chi connectivity index (χ0v) is 12.4. The van der Waals surface area contributed by atoms with Crippen LogP contribution < -0.4 is 10.1 Å². The SMILES string of the molecule is O=C(Nc1ccnnc1)c1sccc1OCc1ccccc1. The van der Waals surface area contributed by atoms with E-state index in [9.17, 15) is 4.79 Å². The van der Waals surface area contributed by atoms with Gasteiger partial charge in [-0.25, -0.2) is 0 Å². The highest BCUT2D eigenvalue weighted by atomic mass is 32.1. The number of amides is 1. The molecular weight excluding hydrogens is 298 g/mol. The standard InChI is InChI=1S/C16H13N3O2S/c20-16(19-13-6-8-17-18-10-13)15-14(7-9-22-15)21-11-12-4-2-1-3-5-12/h1-10H,11H2,(H,17,19,20). The van der Waals surface area contributed by atoms with E-state index < -0.39 is 0 Å². The van der Waals surface area contributed by atoms with Gasteiger partial charge in [0.15, 0.2) is 0 Å². The summed E-state index contributed by atoms with van der Waals surface area (Å²) in [7, 11) is 0. The number of rotatable bonds is 5. The van der Waals surface area contributed by atoms with Gasteiger partial charge < -0.3 is 10.1 Å². The van der Waals surface area contributed by atoms with E-state index >= 15 is 0 Å². The minimum atomic E-state index is -0.217. The van der Waals surface area contributed by atoms with Gasteiger partial charge in [-0.3, -0.25) is 4.79 Å². The van der Waals surface area contributed by atoms with Crippen LogP contribution in [0.1, 0.15) is 15.2 Å². The molecule has 3 rings (SSSR count). The monoisotopic (exact) mass is 311 g/mol. The Labute approximate surface area is 131 Å². The molecule has 3 aromatic rings. The molecule has 0 unspecified atom stereocenters. The van der Waals surface area contributed by atoms with Crippen LogP contribution in [0.2, 0.25) is 0 Å². The summed E-state index contributed by atoms with van der Waals surface area (Å²) in [6.45, 7) is 0.425. The van der Waals surface area contributed by atoms with E-state index in [1.807, 2.05) is 35.7 Å². The van der Waals surface area contributed by atoms with E-state index in [0.717, 1.165) is 5.56 Å². The third kappa shape index (κ3) is 3.48. The van der Waals surface area contributed by atoms with Crippen LogP contribution in [0.4, 0.5) is 5.69 Å². The van der Waals surface area contributed by atoms with Crippen molar-refractivity contribution >= 4 is 22.9 Å². The van der Waals surface area contributed by atoms with Crippen LogP contribution >= 0.6 is 11.3 Å². The maximum atomic E-state index is 12.3.